The number of carbonyl (C=O) groups is 1. The van der Waals surface area contributed by atoms with Crippen LogP contribution >= 0.6 is 0 Å². The minimum atomic E-state index is -0.0362. The highest BCUT2D eigenvalue weighted by Crippen LogP contribution is 2.37. The largest absolute Gasteiger partial charge is 0.438 e. The molecule has 1 fully saturated rings. The molecule has 192 valence electrons. The Bertz CT molecular complexity index is 1520. The monoisotopic (exact) mass is 507 g/mol. The van der Waals surface area contributed by atoms with Crippen LogP contribution < -0.4 is 10.5 Å². The van der Waals surface area contributed by atoms with E-state index in [4.69, 9.17) is 10.5 Å². The molecule has 0 bridgehead atoms. The quantitative estimate of drug-likeness (QED) is 0.310. The molecular weight excluding hydrogens is 478 g/mol. The number of benzene rings is 1. The Hall–Kier alpha value is -4.71. The SMILES string of the molecule is C=CC(=O)N1CCC(C#Cc2c(-c3cnc(Oc4ccccc4)cn3)c3c(N)ncnc3n2C(C)C)CC1. The summed E-state index contributed by atoms with van der Waals surface area (Å²) in [5.74, 6) is 8.41. The minimum absolute atomic E-state index is 0.0362. The third kappa shape index (κ3) is 4.93. The fourth-order valence-electron chi connectivity index (χ4n) is 4.68. The number of likely N-dealkylation sites (tertiary alicyclic amines) is 1. The molecule has 0 spiro atoms. The number of ether oxygens (including phenoxy) is 1. The number of piperidine rings is 1. The molecule has 1 amide bonds. The Morgan fingerprint density at radius 1 is 1.13 bits per heavy atom. The predicted octanol–water partition coefficient (Wildman–Crippen LogP) is 4.62. The molecule has 3 aromatic heterocycles. The number of nitrogens with two attached hydrogens (primary N) is 1. The zero-order chi connectivity index (χ0) is 26.6. The van der Waals surface area contributed by atoms with Crippen LogP contribution in [0.1, 0.15) is 38.4 Å². The summed E-state index contributed by atoms with van der Waals surface area (Å²) in [6.07, 6.45) is 7.68. The molecule has 1 saturated heterocycles. The highest BCUT2D eigenvalue weighted by atomic mass is 16.5. The highest BCUT2D eigenvalue weighted by Gasteiger charge is 2.25. The maximum atomic E-state index is 12.0. The van der Waals surface area contributed by atoms with E-state index in [1.54, 1.807) is 12.4 Å². The first-order valence-electron chi connectivity index (χ1n) is 12.6. The third-order valence-corrected chi connectivity index (χ3v) is 6.55. The van der Waals surface area contributed by atoms with Crippen LogP contribution in [0.2, 0.25) is 0 Å². The third-order valence-electron chi connectivity index (χ3n) is 6.55. The van der Waals surface area contributed by atoms with Gasteiger partial charge in [-0.3, -0.25) is 4.79 Å². The van der Waals surface area contributed by atoms with Crippen LogP contribution in [0, 0.1) is 17.8 Å². The van der Waals surface area contributed by atoms with E-state index < -0.39 is 0 Å². The topological polar surface area (TPSA) is 112 Å². The molecule has 2 N–H and O–H groups in total. The molecule has 0 aliphatic carbocycles. The zero-order valence-corrected chi connectivity index (χ0v) is 21.5. The van der Waals surface area contributed by atoms with Gasteiger partial charge in [0.15, 0.2) is 0 Å². The van der Waals surface area contributed by atoms with Crippen LogP contribution in [0.15, 0.2) is 61.7 Å². The molecule has 1 aliphatic rings. The van der Waals surface area contributed by atoms with Crippen molar-refractivity contribution in [2.24, 2.45) is 5.92 Å². The summed E-state index contributed by atoms with van der Waals surface area (Å²) in [6, 6.07) is 9.49. The number of nitrogens with zero attached hydrogens (tertiary/aromatic N) is 6. The molecule has 0 atom stereocenters. The second kappa shape index (κ2) is 10.7. The van der Waals surface area contributed by atoms with Gasteiger partial charge >= 0.3 is 0 Å². The molecule has 1 aliphatic heterocycles. The average molecular weight is 508 g/mol. The van der Waals surface area contributed by atoms with Crippen molar-refractivity contribution in [3.05, 3.63) is 67.4 Å². The van der Waals surface area contributed by atoms with Crippen LogP contribution in [-0.2, 0) is 4.79 Å². The molecule has 4 heterocycles. The molecule has 0 radical (unpaired) electrons. The average Bonchev–Trinajstić information content (AvgIpc) is 3.28. The Labute approximate surface area is 221 Å². The van der Waals surface area contributed by atoms with Gasteiger partial charge in [0.25, 0.3) is 0 Å². The summed E-state index contributed by atoms with van der Waals surface area (Å²) in [4.78, 5) is 31.7. The lowest BCUT2D eigenvalue weighted by Crippen LogP contribution is -2.37. The van der Waals surface area contributed by atoms with E-state index in [0.29, 0.717) is 47.3 Å². The number of para-hydroxylation sites is 1. The van der Waals surface area contributed by atoms with Gasteiger partial charge in [0, 0.05) is 30.6 Å². The van der Waals surface area contributed by atoms with Crippen LogP contribution in [0.25, 0.3) is 22.3 Å². The van der Waals surface area contributed by atoms with Crippen LogP contribution in [0.4, 0.5) is 5.82 Å². The highest BCUT2D eigenvalue weighted by molar-refractivity contribution is 6.02. The van der Waals surface area contributed by atoms with E-state index in [-0.39, 0.29) is 17.9 Å². The fraction of sp³-hybridized carbons (Fsp3) is 0.276. The summed E-state index contributed by atoms with van der Waals surface area (Å²) < 4.78 is 7.90. The lowest BCUT2D eigenvalue weighted by Gasteiger charge is -2.28. The Balaban J connectivity index is 1.55. The van der Waals surface area contributed by atoms with Crippen molar-refractivity contribution in [3.63, 3.8) is 0 Å². The summed E-state index contributed by atoms with van der Waals surface area (Å²) in [5.41, 5.74) is 9.19. The molecular formula is C29H29N7O2. The maximum Gasteiger partial charge on any atom is 0.245 e. The van der Waals surface area contributed by atoms with Gasteiger partial charge in [-0.15, -0.1) is 0 Å². The van der Waals surface area contributed by atoms with Gasteiger partial charge in [-0.2, -0.15) is 0 Å². The van der Waals surface area contributed by atoms with Gasteiger partial charge in [-0.1, -0.05) is 30.7 Å². The van der Waals surface area contributed by atoms with E-state index in [1.165, 1.54) is 12.4 Å². The van der Waals surface area contributed by atoms with Crippen LogP contribution in [-0.4, -0.2) is 48.4 Å². The minimum Gasteiger partial charge on any atom is -0.438 e. The maximum absolute atomic E-state index is 12.0. The lowest BCUT2D eigenvalue weighted by molar-refractivity contribution is -0.127. The van der Waals surface area contributed by atoms with Gasteiger partial charge < -0.3 is 19.9 Å². The molecule has 0 unspecified atom stereocenters. The lowest BCUT2D eigenvalue weighted by atomic mass is 9.97. The van der Waals surface area contributed by atoms with Crippen molar-refractivity contribution in [1.29, 1.82) is 0 Å². The van der Waals surface area contributed by atoms with E-state index in [1.807, 2.05) is 35.2 Å². The summed E-state index contributed by atoms with van der Waals surface area (Å²) in [6.45, 7) is 9.07. The number of amides is 1. The van der Waals surface area contributed by atoms with E-state index in [9.17, 15) is 4.79 Å². The van der Waals surface area contributed by atoms with Gasteiger partial charge in [-0.25, -0.2) is 19.9 Å². The molecule has 0 saturated carbocycles. The molecule has 5 rings (SSSR count). The normalized spacial score (nSPS) is 13.8. The van der Waals surface area contributed by atoms with E-state index in [2.05, 4.69) is 56.8 Å². The van der Waals surface area contributed by atoms with Crippen molar-refractivity contribution in [3.8, 4) is 34.7 Å². The summed E-state index contributed by atoms with van der Waals surface area (Å²) >= 11 is 0. The first kappa shape index (κ1) is 25.0. The van der Waals surface area contributed by atoms with Crippen molar-refractivity contribution in [2.45, 2.75) is 32.7 Å². The second-order valence-electron chi connectivity index (χ2n) is 9.37. The van der Waals surface area contributed by atoms with Crippen LogP contribution in [0.5, 0.6) is 11.6 Å². The second-order valence-corrected chi connectivity index (χ2v) is 9.37. The van der Waals surface area contributed by atoms with Gasteiger partial charge in [-0.05, 0) is 50.8 Å². The number of aromatic nitrogens is 5. The number of carbonyl (C=O) groups excluding carboxylic acids is 1. The van der Waals surface area contributed by atoms with Gasteiger partial charge in [0.1, 0.15) is 29.2 Å². The standard InChI is InChI=1S/C29H29N7O2/c1-4-25(37)35-14-12-20(13-15-35)10-11-23-26(27-28(30)33-18-34-29(27)36(23)19(2)3)22-16-32-24(17-31-22)38-21-8-6-5-7-9-21/h4-9,16-20H,1,12-15H2,2-3H3,(H2,30,33,34). The van der Waals surface area contributed by atoms with Crippen molar-refractivity contribution in [2.75, 3.05) is 18.8 Å². The molecule has 1 aromatic carbocycles. The van der Waals surface area contributed by atoms with Gasteiger partial charge in [0.2, 0.25) is 11.8 Å². The summed E-state index contributed by atoms with van der Waals surface area (Å²) in [7, 11) is 0. The van der Waals surface area contributed by atoms with Gasteiger partial charge in [0.05, 0.1) is 23.5 Å². The van der Waals surface area contributed by atoms with E-state index >= 15 is 0 Å². The number of hydrogen-bond donors (Lipinski definition) is 1. The summed E-state index contributed by atoms with van der Waals surface area (Å²) in [5, 5.41) is 0.697. The number of nitrogen functional groups attached to an aromatic ring is 1. The first-order valence-corrected chi connectivity index (χ1v) is 12.6. The Morgan fingerprint density at radius 2 is 1.89 bits per heavy atom. The molecule has 9 nitrogen and oxygen atoms in total. The number of rotatable bonds is 5. The number of hydrogen-bond acceptors (Lipinski definition) is 7. The van der Waals surface area contributed by atoms with Crippen molar-refractivity contribution >= 4 is 22.8 Å². The first-order chi connectivity index (χ1) is 18.5. The van der Waals surface area contributed by atoms with Crippen molar-refractivity contribution in [1.82, 2.24) is 29.4 Å². The number of anilines is 1. The molecule has 38 heavy (non-hydrogen) atoms. The Kier molecular flexibility index (Phi) is 7.05. The van der Waals surface area contributed by atoms with Crippen LogP contribution in [0.3, 0.4) is 0 Å². The fourth-order valence-corrected chi connectivity index (χ4v) is 4.68. The molecule has 9 heteroatoms. The molecule has 4 aromatic rings. The van der Waals surface area contributed by atoms with E-state index in [0.717, 1.165) is 24.1 Å². The predicted molar refractivity (Wildman–Crippen MR) is 146 cm³/mol. The number of fused-ring (bicyclic) bond motifs is 1. The smallest absolute Gasteiger partial charge is 0.245 e. The zero-order valence-electron chi connectivity index (χ0n) is 21.5. The Morgan fingerprint density at radius 3 is 2.55 bits per heavy atom. The van der Waals surface area contributed by atoms with Crippen molar-refractivity contribution < 1.29 is 9.53 Å².